The van der Waals surface area contributed by atoms with Gasteiger partial charge < -0.3 is 16.0 Å². The molecule has 5 heteroatoms. The van der Waals surface area contributed by atoms with Crippen LogP contribution in [0, 0.1) is 12.8 Å². The van der Waals surface area contributed by atoms with E-state index in [1.165, 1.54) is 0 Å². The summed E-state index contributed by atoms with van der Waals surface area (Å²) in [6.45, 7) is 11.2. The summed E-state index contributed by atoms with van der Waals surface area (Å²) >= 11 is 0. The highest BCUT2D eigenvalue weighted by Crippen LogP contribution is 2.19. The summed E-state index contributed by atoms with van der Waals surface area (Å²) in [7, 11) is 0. The minimum absolute atomic E-state index is 0.208. The van der Waals surface area contributed by atoms with Crippen molar-refractivity contribution in [2.24, 2.45) is 11.7 Å². The highest BCUT2D eigenvalue weighted by molar-refractivity contribution is 5.79. The maximum atomic E-state index is 11.3. The fourth-order valence-electron chi connectivity index (χ4n) is 2.32. The van der Waals surface area contributed by atoms with Crippen LogP contribution in [0.2, 0.25) is 0 Å². The Balaban J connectivity index is 2.85. The molecule has 0 radical (unpaired) electrons. The number of nitrogens with zero attached hydrogens (tertiary/aromatic N) is 2. The number of nitrogens with two attached hydrogens (primary N) is 1. The molecule has 3 N–H and O–H groups in total. The maximum absolute atomic E-state index is 11.3. The van der Waals surface area contributed by atoms with Crippen molar-refractivity contribution in [1.29, 1.82) is 0 Å². The van der Waals surface area contributed by atoms with Crippen molar-refractivity contribution in [2.75, 3.05) is 24.5 Å². The number of aromatic nitrogens is 1. The number of hydrogen-bond acceptors (Lipinski definition) is 4. The number of aryl methyl sites for hydroxylation is 1. The minimum Gasteiger partial charge on any atom is -0.368 e. The quantitative estimate of drug-likeness (QED) is 0.681. The zero-order valence-electron chi connectivity index (χ0n) is 13.6. The van der Waals surface area contributed by atoms with Gasteiger partial charge in [0, 0.05) is 19.3 Å². The van der Waals surface area contributed by atoms with E-state index in [0.29, 0.717) is 5.92 Å². The average Bonchev–Trinajstić information content (AvgIpc) is 2.37. The molecule has 0 aliphatic carbocycles. The van der Waals surface area contributed by atoms with Crippen LogP contribution in [0.5, 0.6) is 0 Å². The van der Waals surface area contributed by atoms with Crippen LogP contribution in [0.1, 0.15) is 38.3 Å². The summed E-state index contributed by atoms with van der Waals surface area (Å²) in [5.74, 6) is 0.962. The molecule has 0 aliphatic heterocycles. The number of hydrogen-bond donors (Lipinski definition) is 2. The van der Waals surface area contributed by atoms with E-state index in [0.717, 1.165) is 43.0 Å². The van der Waals surface area contributed by atoms with E-state index in [4.69, 9.17) is 5.73 Å². The van der Waals surface area contributed by atoms with Crippen molar-refractivity contribution >= 4 is 11.7 Å². The smallest absolute Gasteiger partial charge is 0.236 e. The van der Waals surface area contributed by atoms with E-state index in [1.807, 2.05) is 18.0 Å². The molecule has 0 fully saturated rings. The molecule has 118 valence electrons. The molecular weight excluding hydrogens is 264 g/mol. The minimum atomic E-state index is -0.328. The van der Waals surface area contributed by atoms with Crippen LogP contribution in [-0.4, -0.2) is 30.5 Å². The van der Waals surface area contributed by atoms with E-state index in [1.54, 1.807) is 0 Å². The predicted octanol–water partition coefficient (Wildman–Crippen LogP) is 1.84. The van der Waals surface area contributed by atoms with Gasteiger partial charge in [-0.25, -0.2) is 4.98 Å². The van der Waals surface area contributed by atoms with Gasteiger partial charge >= 0.3 is 0 Å². The first-order chi connectivity index (χ1) is 9.93. The first-order valence-corrected chi connectivity index (χ1v) is 7.63. The Hall–Kier alpha value is -1.62. The van der Waals surface area contributed by atoms with E-state index >= 15 is 0 Å². The highest BCUT2D eigenvalue weighted by atomic mass is 16.1. The zero-order chi connectivity index (χ0) is 15.8. The third-order valence-electron chi connectivity index (χ3n) is 3.09. The topological polar surface area (TPSA) is 71.2 Å². The van der Waals surface area contributed by atoms with Crippen molar-refractivity contribution < 1.29 is 4.79 Å². The second-order valence-corrected chi connectivity index (χ2v) is 5.90. The number of pyridine rings is 1. The SMILES string of the molecule is CCCNCc1cnc(N(CC(N)=O)CC(C)C)c(C)c1. The maximum Gasteiger partial charge on any atom is 0.236 e. The lowest BCUT2D eigenvalue weighted by Crippen LogP contribution is -2.37. The highest BCUT2D eigenvalue weighted by Gasteiger charge is 2.15. The molecule has 0 unspecified atom stereocenters. The fourth-order valence-corrected chi connectivity index (χ4v) is 2.32. The predicted molar refractivity (Wildman–Crippen MR) is 87.2 cm³/mol. The zero-order valence-corrected chi connectivity index (χ0v) is 13.6. The van der Waals surface area contributed by atoms with E-state index in [2.05, 4.69) is 37.1 Å². The molecule has 0 saturated heterocycles. The number of rotatable bonds is 9. The lowest BCUT2D eigenvalue weighted by Gasteiger charge is -2.26. The Kier molecular flexibility index (Phi) is 7.15. The van der Waals surface area contributed by atoms with Crippen molar-refractivity contribution in [3.05, 3.63) is 23.4 Å². The van der Waals surface area contributed by atoms with Crippen molar-refractivity contribution in [3.63, 3.8) is 0 Å². The molecule has 0 atom stereocenters. The number of carbonyl (C=O) groups is 1. The van der Waals surface area contributed by atoms with Crippen LogP contribution in [0.4, 0.5) is 5.82 Å². The number of nitrogens with one attached hydrogen (secondary N) is 1. The average molecular weight is 292 g/mol. The first-order valence-electron chi connectivity index (χ1n) is 7.63. The van der Waals surface area contributed by atoms with Crippen LogP contribution >= 0.6 is 0 Å². The second kappa shape index (κ2) is 8.62. The lowest BCUT2D eigenvalue weighted by atomic mass is 10.1. The largest absolute Gasteiger partial charge is 0.368 e. The lowest BCUT2D eigenvalue weighted by molar-refractivity contribution is -0.116. The van der Waals surface area contributed by atoms with Crippen LogP contribution in [0.3, 0.4) is 0 Å². The fraction of sp³-hybridized carbons (Fsp3) is 0.625. The number of carbonyl (C=O) groups excluding carboxylic acids is 1. The molecule has 0 saturated carbocycles. The van der Waals surface area contributed by atoms with Gasteiger partial charge in [-0.3, -0.25) is 4.79 Å². The van der Waals surface area contributed by atoms with E-state index in [9.17, 15) is 4.79 Å². The number of primary amides is 1. The van der Waals surface area contributed by atoms with Gasteiger partial charge in [0.15, 0.2) is 0 Å². The van der Waals surface area contributed by atoms with Crippen LogP contribution in [0.15, 0.2) is 12.3 Å². The summed E-state index contributed by atoms with van der Waals surface area (Å²) in [4.78, 5) is 17.8. The molecule has 1 aromatic heterocycles. The van der Waals surface area contributed by atoms with E-state index in [-0.39, 0.29) is 12.5 Å². The van der Waals surface area contributed by atoms with Gasteiger partial charge in [0.05, 0.1) is 6.54 Å². The van der Waals surface area contributed by atoms with Crippen molar-refractivity contribution in [1.82, 2.24) is 10.3 Å². The molecule has 1 aromatic rings. The Morgan fingerprint density at radius 3 is 2.71 bits per heavy atom. The van der Waals surface area contributed by atoms with Crippen LogP contribution < -0.4 is 16.0 Å². The molecule has 0 spiro atoms. The van der Waals surface area contributed by atoms with Gasteiger partial charge in [-0.15, -0.1) is 0 Å². The van der Waals surface area contributed by atoms with Gasteiger partial charge in [-0.05, 0) is 43.0 Å². The van der Waals surface area contributed by atoms with Crippen molar-refractivity contribution in [3.8, 4) is 0 Å². The Morgan fingerprint density at radius 2 is 2.19 bits per heavy atom. The van der Waals surface area contributed by atoms with Gasteiger partial charge in [0.2, 0.25) is 5.91 Å². The molecule has 0 bridgehead atoms. The Labute approximate surface area is 127 Å². The van der Waals surface area contributed by atoms with Crippen LogP contribution in [-0.2, 0) is 11.3 Å². The molecule has 1 heterocycles. The molecule has 21 heavy (non-hydrogen) atoms. The van der Waals surface area contributed by atoms with Crippen LogP contribution in [0.25, 0.3) is 0 Å². The number of anilines is 1. The Morgan fingerprint density at radius 1 is 1.48 bits per heavy atom. The summed E-state index contributed by atoms with van der Waals surface area (Å²) in [6.07, 6.45) is 2.99. The third kappa shape index (κ3) is 6.12. The monoisotopic (exact) mass is 292 g/mol. The molecule has 1 rings (SSSR count). The van der Waals surface area contributed by atoms with Gasteiger partial charge in [0.25, 0.3) is 0 Å². The summed E-state index contributed by atoms with van der Waals surface area (Å²) in [5.41, 5.74) is 7.59. The molecule has 0 aromatic carbocycles. The van der Waals surface area contributed by atoms with Crippen molar-refractivity contribution in [2.45, 2.75) is 40.7 Å². The van der Waals surface area contributed by atoms with Gasteiger partial charge in [-0.1, -0.05) is 20.8 Å². The Bertz CT molecular complexity index is 460. The summed E-state index contributed by atoms with van der Waals surface area (Å²) in [6, 6.07) is 2.12. The second-order valence-electron chi connectivity index (χ2n) is 5.90. The standard InChI is InChI=1S/C16H28N4O/c1-5-6-18-8-14-7-13(4)16(19-9-14)20(10-12(2)3)11-15(17)21/h7,9,12,18H,5-6,8,10-11H2,1-4H3,(H2,17,21). The third-order valence-corrected chi connectivity index (χ3v) is 3.09. The molecule has 1 amide bonds. The van der Waals surface area contributed by atoms with E-state index < -0.39 is 0 Å². The first kappa shape index (κ1) is 17.4. The molecule has 0 aliphatic rings. The van der Waals surface area contributed by atoms with Gasteiger partial charge in [0.1, 0.15) is 5.82 Å². The molecule has 5 nitrogen and oxygen atoms in total. The molecular formula is C16H28N4O. The number of amides is 1. The van der Waals surface area contributed by atoms with Gasteiger partial charge in [-0.2, -0.15) is 0 Å². The summed E-state index contributed by atoms with van der Waals surface area (Å²) < 4.78 is 0. The normalized spacial score (nSPS) is 10.9. The summed E-state index contributed by atoms with van der Waals surface area (Å²) in [5, 5.41) is 3.36.